The number of hydrogen-bond acceptors (Lipinski definition) is 4. The number of allylic oxidation sites excluding steroid dienone is 1. The summed E-state index contributed by atoms with van der Waals surface area (Å²) < 4.78 is 2.09. The highest BCUT2D eigenvalue weighted by molar-refractivity contribution is 6.30. The van der Waals surface area contributed by atoms with E-state index in [2.05, 4.69) is 9.57 Å². The number of nitrogens with zero attached hydrogens (tertiary/aromatic N) is 4. The van der Waals surface area contributed by atoms with Crippen molar-refractivity contribution in [3.63, 3.8) is 0 Å². The molecule has 3 aliphatic heterocycles. The fraction of sp³-hybridized carbons (Fsp3) is 0.533. The van der Waals surface area contributed by atoms with E-state index < -0.39 is 5.92 Å². The lowest BCUT2D eigenvalue weighted by Crippen LogP contribution is -2.60. The van der Waals surface area contributed by atoms with Crippen LogP contribution in [0.3, 0.4) is 0 Å². The van der Waals surface area contributed by atoms with Gasteiger partial charge in [-0.15, -0.1) is 0 Å². The number of carbonyl (C=O) groups excluding carboxylic acids is 3. The minimum absolute atomic E-state index is 0.110. The summed E-state index contributed by atoms with van der Waals surface area (Å²) in [4.78, 5) is 42.7. The Hall–Kier alpha value is -2.51. The molecule has 0 spiro atoms. The number of amides is 4. The van der Waals surface area contributed by atoms with Gasteiger partial charge in [-0.25, -0.2) is 14.4 Å². The molecule has 23 heavy (non-hydrogen) atoms. The molecule has 0 radical (unpaired) electrons. The van der Waals surface area contributed by atoms with Gasteiger partial charge >= 0.3 is 6.03 Å². The number of hydrogen-bond donors (Lipinski definition) is 1. The molecule has 1 atom stereocenters. The number of rotatable bonds is 1. The third kappa shape index (κ3) is 2.43. The first-order valence-electron chi connectivity index (χ1n) is 7.62. The Morgan fingerprint density at radius 2 is 1.91 bits per heavy atom. The zero-order valence-corrected chi connectivity index (χ0v) is 13.2. The summed E-state index contributed by atoms with van der Waals surface area (Å²) >= 11 is 0. The third-order valence-electron chi connectivity index (χ3n) is 4.76. The van der Waals surface area contributed by atoms with Gasteiger partial charge in [0.25, 0.3) is 5.91 Å². The molecule has 2 N–H and O–H groups in total. The summed E-state index contributed by atoms with van der Waals surface area (Å²) in [6, 6.07) is -0.382. The van der Waals surface area contributed by atoms with Crippen molar-refractivity contribution >= 4 is 29.4 Å². The molecule has 3 heterocycles. The largest absolute Gasteiger partial charge is 0.369 e. The molecule has 2 saturated heterocycles. The van der Waals surface area contributed by atoms with Crippen molar-refractivity contribution in [1.82, 2.24) is 9.80 Å². The van der Waals surface area contributed by atoms with Crippen molar-refractivity contribution in [2.24, 2.45) is 22.6 Å². The van der Waals surface area contributed by atoms with Gasteiger partial charge in [-0.2, -0.15) is 0 Å². The van der Waals surface area contributed by atoms with Gasteiger partial charge in [0.15, 0.2) is 11.6 Å². The Kier molecular flexibility index (Phi) is 3.75. The molecule has 8 heteroatoms. The summed E-state index contributed by atoms with van der Waals surface area (Å²) in [5.74, 6) is -0.773. The van der Waals surface area contributed by atoms with Crippen LogP contribution in [-0.4, -0.2) is 71.0 Å². The Balaban J connectivity index is 1.93. The summed E-state index contributed by atoms with van der Waals surface area (Å²) in [6.07, 6.45) is 4.77. The maximum Gasteiger partial charge on any atom is 0.331 e. The van der Waals surface area contributed by atoms with E-state index in [1.807, 2.05) is 6.08 Å². The third-order valence-corrected chi connectivity index (χ3v) is 4.76. The lowest BCUT2D eigenvalue weighted by Gasteiger charge is -2.36. The fourth-order valence-electron chi connectivity index (χ4n) is 3.33. The Morgan fingerprint density at radius 1 is 1.26 bits per heavy atom. The highest BCUT2D eigenvalue weighted by Crippen LogP contribution is 2.23. The maximum absolute atomic E-state index is 12.6. The molecule has 122 valence electrons. The maximum atomic E-state index is 12.6. The van der Waals surface area contributed by atoms with Gasteiger partial charge in [-0.05, 0) is 0 Å². The molecule has 8 nitrogen and oxygen atoms in total. The molecule has 0 aliphatic carbocycles. The van der Waals surface area contributed by atoms with Crippen LogP contribution in [0.2, 0.25) is 0 Å². The van der Waals surface area contributed by atoms with Crippen LogP contribution in [0.15, 0.2) is 17.3 Å². The normalized spacial score (nSPS) is 28.0. The van der Waals surface area contributed by atoms with E-state index in [-0.39, 0.29) is 23.8 Å². The first kappa shape index (κ1) is 15.4. The number of amidine groups is 1. The second-order valence-corrected chi connectivity index (χ2v) is 6.06. The minimum Gasteiger partial charge on any atom is -0.369 e. The lowest BCUT2D eigenvalue weighted by molar-refractivity contribution is -0.540. The molecule has 3 rings (SSSR count). The zero-order chi connectivity index (χ0) is 16.7. The van der Waals surface area contributed by atoms with E-state index in [1.54, 1.807) is 13.2 Å². The summed E-state index contributed by atoms with van der Waals surface area (Å²) in [5.41, 5.74) is 6.20. The van der Waals surface area contributed by atoms with Gasteiger partial charge in [0, 0.05) is 45.1 Å². The van der Waals surface area contributed by atoms with E-state index in [0.29, 0.717) is 31.8 Å². The Morgan fingerprint density at radius 3 is 2.52 bits per heavy atom. The number of primary amides is 1. The van der Waals surface area contributed by atoms with Crippen molar-refractivity contribution in [2.75, 3.05) is 27.2 Å². The van der Waals surface area contributed by atoms with Crippen LogP contribution >= 0.6 is 0 Å². The van der Waals surface area contributed by atoms with Crippen LogP contribution in [0.5, 0.6) is 0 Å². The van der Waals surface area contributed by atoms with E-state index in [0.717, 1.165) is 10.6 Å². The van der Waals surface area contributed by atoms with Gasteiger partial charge < -0.3 is 5.73 Å². The SMILES string of the molecule is CN1C(=O)C2C(=NC=CC2=[N+]2CCC(C(N)=O)CC2)N(C)C1=O. The van der Waals surface area contributed by atoms with Crippen molar-refractivity contribution < 1.29 is 19.0 Å². The second-order valence-electron chi connectivity index (χ2n) is 6.06. The Labute approximate surface area is 133 Å². The van der Waals surface area contributed by atoms with Gasteiger partial charge in [0.1, 0.15) is 18.9 Å². The van der Waals surface area contributed by atoms with Crippen molar-refractivity contribution in [2.45, 2.75) is 12.8 Å². The average molecular weight is 318 g/mol. The zero-order valence-electron chi connectivity index (χ0n) is 13.2. The predicted octanol–water partition coefficient (Wildman–Crippen LogP) is -0.599. The standard InChI is InChI=1S/C15H19N5O3/c1-18-13-11(14(22)19(2)15(18)23)10(3-6-17-13)20-7-4-9(5-8-20)12(16)21/h3,6,9,11H,4-5,7-8H2,1-2H3,(H-,16,21)/p+1. The van der Waals surface area contributed by atoms with Crippen molar-refractivity contribution in [3.8, 4) is 0 Å². The van der Waals surface area contributed by atoms with E-state index in [9.17, 15) is 14.4 Å². The van der Waals surface area contributed by atoms with Gasteiger partial charge in [0.2, 0.25) is 5.91 Å². The van der Waals surface area contributed by atoms with Gasteiger partial charge in [-0.1, -0.05) is 0 Å². The van der Waals surface area contributed by atoms with E-state index in [1.165, 1.54) is 11.9 Å². The summed E-state index contributed by atoms with van der Waals surface area (Å²) in [7, 11) is 3.10. The molecule has 0 aromatic carbocycles. The van der Waals surface area contributed by atoms with Crippen molar-refractivity contribution in [1.29, 1.82) is 0 Å². The molecule has 0 bridgehead atoms. The molecule has 0 saturated carbocycles. The highest BCUT2D eigenvalue weighted by Gasteiger charge is 2.47. The smallest absolute Gasteiger partial charge is 0.331 e. The van der Waals surface area contributed by atoms with Crippen LogP contribution in [0, 0.1) is 11.8 Å². The fourth-order valence-corrected chi connectivity index (χ4v) is 3.33. The summed E-state index contributed by atoms with van der Waals surface area (Å²) in [6.45, 7) is 1.32. The molecule has 4 amide bonds. The number of urea groups is 1. The van der Waals surface area contributed by atoms with Crippen LogP contribution in [0.1, 0.15) is 12.8 Å². The summed E-state index contributed by atoms with van der Waals surface area (Å²) in [5, 5.41) is 0. The quantitative estimate of drug-likeness (QED) is 0.654. The molecule has 1 unspecified atom stereocenters. The number of imide groups is 1. The van der Waals surface area contributed by atoms with Gasteiger partial charge in [-0.3, -0.25) is 19.4 Å². The molecule has 2 fully saturated rings. The van der Waals surface area contributed by atoms with Gasteiger partial charge in [0.05, 0.1) is 0 Å². The number of nitrogens with two attached hydrogens (primary N) is 1. The average Bonchev–Trinajstić information content (AvgIpc) is 2.57. The van der Waals surface area contributed by atoms with Crippen LogP contribution < -0.4 is 5.73 Å². The topological polar surface area (TPSA) is 99.1 Å². The second kappa shape index (κ2) is 5.60. The molecule has 0 aromatic rings. The highest BCUT2D eigenvalue weighted by atomic mass is 16.2. The number of aliphatic imine (C=N–C) groups is 1. The van der Waals surface area contributed by atoms with Crippen molar-refractivity contribution in [3.05, 3.63) is 12.3 Å². The van der Waals surface area contributed by atoms with Crippen LogP contribution in [0.4, 0.5) is 4.79 Å². The van der Waals surface area contributed by atoms with E-state index >= 15 is 0 Å². The molecular formula is C15H20N5O3+. The molecule has 3 aliphatic rings. The van der Waals surface area contributed by atoms with Crippen LogP contribution in [0.25, 0.3) is 0 Å². The monoisotopic (exact) mass is 318 g/mol. The predicted molar refractivity (Wildman–Crippen MR) is 82.9 cm³/mol. The van der Waals surface area contributed by atoms with Crippen LogP contribution in [-0.2, 0) is 9.59 Å². The van der Waals surface area contributed by atoms with E-state index in [4.69, 9.17) is 5.73 Å². The first-order valence-corrected chi connectivity index (χ1v) is 7.62. The first-order chi connectivity index (χ1) is 10.9. The number of fused-ring (bicyclic) bond motifs is 1. The number of carbonyl (C=O) groups is 3. The molecular weight excluding hydrogens is 298 g/mol. The Bertz CT molecular complexity index is 669. The number of piperidine rings is 1. The molecule has 0 aromatic heterocycles. The minimum atomic E-state index is -0.571. The lowest BCUT2D eigenvalue weighted by atomic mass is 9.92.